The van der Waals surface area contributed by atoms with E-state index in [0.717, 1.165) is 6.42 Å². The normalized spacial score (nSPS) is 10.1. The van der Waals surface area contributed by atoms with E-state index in [-0.39, 0.29) is 4.47 Å². The van der Waals surface area contributed by atoms with E-state index in [9.17, 15) is 4.39 Å². The summed E-state index contributed by atoms with van der Waals surface area (Å²) < 4.78 is 19.1. The molecule has 0 saturated heterocycles. The minimum absolute atomic E-state index is 0.219. The van der Waals surface area contributed by atoms with Crippen LogP contribution >= 0.6 is 15.9 Å². The summed E-state index contributed by atoms with van der Waals surface area (Å²) in [6, 6.07) is 5.15. The van der Waals surface area contributed by atoms with Crippen LogP contribution in [0.15, 0.2) is 16.6 Å². The molecule has 0 spiro atoms. The van der Waals surface area contributed by atoms with Crippen molar-refractivity contribution in [2.75, 3.05) is 32.2 Å². The number of hydrogen-bond donors (Lipinski definition) is 0. The molecule has 0 N–H and O–H groups in total. The maximum Gasteiger partial charge on any atom is 0.161 e. The van der Waals surface area contributed by atoms with Crippen molar-refractivity contribution in [2.24, 2.45) is 0 Å². The van der Waals surface area contributed by atoms with E-state index in [1.165, 1.54) is 0 Å². The van der Waals surface area contributed by atoms with Gasteiger partial charge in [-0.25, -0.2) is 4.39 Å². The van der Waals surface area contributed by atoms with Crippen LogP contribution in [0.25, 0.3) is 0 Å². The third-order valence-electron chi connectivity index (χ3n) is 2.44. The van der Waals surface area contributed by atoms with Crippen molar-refractivity contribution in [3.05, 3.63) is 28.0 Å². The van der Waals surface area contributed by atoms with Crippen molar-refractivity contribution < 1.29 is 9.13 Å². The molecule has 0 unspecified atom stereocenters. The molecule has 0 aliphatic carbocycles. The summed E-state index contributed by atoms with van der Waals surface area (Å²) in [5.74, 6) is -0.399. The number of nitrogens with zero attached hydrogens (tertiary/aromatic N) is 2. The predicted octanol–water partition coefficient (Wildman–Crippen LogP) is 2.93. The Balaban J connectivity index is 2.85. The third kappa shape index (κ3) is 3.42. The van der Waals surface area contributed by atoms with Gasteiger partial charge < -0.3 is 9.64 Å². The van der Waals surface area contributed by atoms with Gasteiger partial charge >= 0.3 is 0 Å². The quantitative estimate of drug-likeness (QED) is 0.785. The van der Waals surface area contributed by atoms with Crippen LogP contribution in [0, 0.1) is 17.1 Å². The van der Waals surface area contributed by atoms with Gasteiger partial charge in [0.05, 0.1) is 15.7 Å². The first-order valence-electron chi connectivity index (χ1n) is 5.20. The van der Waals surface area contributed by atoms with Gasteiger partial charge in [-0.05, 0) is 34.5 Å². The highest BCUT2D eigenvalue weighted by Gasteiger charge is 2.13. The van der Waals surface area contributed by atoms with Crippen LogP contribution < -0.4 is 4.90 Å². The molecule has 3 nitrogen and oxygen atoms in total. The number of hydrogen-bond acceptors (Lipinski definition) is 3. The molecule has 0 aromatic heterocycles. The molecule has 0 aliphatic rings. The van der Waals surface area contributed by atoms with Gasteiger partial charge in [-0.3, -0.25) is 0 Å². The molecule has 0 atom stereocenters. The number of methoxy groups -OCH3 is 1. The molecule has 92 valence electrons. The summed E-state index contributed by atoms with van der Waals surface area (Å²) in [4.78, 5) is 1.81. The molecule has 0 bridgehead atoms. The average molecular weight is 301 g/mol. The maximum atomic E-state index is 13.9. The number of benzene rings is 1. The Kier molecular flexibility index (Phi) is 5.39. The van der Waals surface area contributed by atoms with Crippen molar-refractivity contribution in [3.8, 4) is 6.07 Å². The highest BCUT2D eigenvalue weighted by Crippen LogP contribution is 2.28. The summed E-state index contributed by atoms with van der Waals surface area (Å²) in [6.07, 6.45) is 0.823. The van der Waals surface area contributed by atoms with E-state index in [4.69, 9.17) is 10.00 Å². The lowest BCUT2D eigenvalue weighted by Crippen LogP contribution is -2.21. The molecule has 5 heteroatoms. The predicted molar refractivity (Wildman–Crippen MR) is 68.6 cm³/mol. The van der Waals surface area contributed by atoms with Crippen molar-refractivity contribution in [1.82, 2.24) is 0 Å². The second kappa shape index (κ2) is 6.58. The van der Waals surface area contributed by atoms with Crippen LogP contribution in [0.3, 0.4) is 0 Å². The van der Waals surface area contributed by atoms with Gasteiger partial charge in [0.15, 0.2) is 5.82 Å². The monoisotopic (exact) mass is 300 g/mol. The first-order valence-corrected chi connectivity index (χ1v) is 5.99. The maximum absolute atomic E-state index is 13.9. The average Bonchev–Trinajstić information content (AvgIpc) is 2.32. The van der Waals surface area contributed by atoms with Crippen LogP contribution in [-0.4, -0.2) is 27.3 Å². The molecule has 17 heavy (non-hydrogen) atoms. The first-order chi connectivity index (χ1) is 8.11. The molecule has 0 radical (unpaired) electrons. The van der Waals surface area contributed by atoms with Crippen LogP contribution in [0.5, 0.6) is 0 Å². The van der Waals surface area contributed by atoms with Crippen LogP contribution in [-0.2, 0) is 4.74 Å². The van der Waals surface area contributed by atoms with Crippen molar-refractivity contribution in [2.45, 2.75) is 6.42 Å². The van der Waals surface area contributed by atoms with Gasteiger partial charge in [-0.15, -0.1) is 0 Å². The minimum Gasteiger partial charge on any atom is -0.385 e. The van der Waals surface area contributed by atoms with Gasteiger partial charge in [0, 0.05) is 27.3 Å². The Labute approximate surface area is 109 Å². The number of ether oxygens (including phenoxy) is 1. The Morgan fingerprint density at radius 1 is 1.53 bits per heavy atom. The zero-order chi connectivity index (χ0) is 12.8. The number of anilines is 1. The second-order valence-corrected chi connectivity index (χ2v) is 4.43. The minimum atomic E-state index is -0.399. The number of rotatable bonds is 5. The Morgan fingerprint density at radius 2 is 2.24 bits per heavy atom. The molecule has 0 heterocycles. The number of halogens is 2. The van der Waals surface area contributed by atoms with Crippen molar-refractivity contribution >= 4 is 21.6 Å². The fourth-order valence-electron chi connectivity index (χ4n) is 1.49. The molecular weight excluding hydrogens is 287 g/mol. The fourth-order valence-corrected chi connectivity index (χ4v) is 1.91. The topological polar surface area (TPSA) is 36.3 Å². The molecule has 1 aromatic rings. The first kappa shape index (κ1) is 13.9. The van der Waals surface area contributed by atoms with E-state index in [1.54, 1.807) is 24.1 Å². The van der Waals surface area contributed by atoms with E-state index in [0.29, 0.717) is 24.4 Å². The Bertz CT molecular complexity index is 431. The van der Waals surface area contributed by atoms with Crippen molar-refractivity contribution in [1.29, 1.82) is 5.26 Å². The molecule has 1 rings (SSSR count). The largest absolute Gasteiger partial charge is 0.385 e. The Hall–Kier alpha value is -1.12. The zero-order valence-electron chi connectivity index (χ0n) is 9.83. The summed E-state index contributed by atoms with van der Waals surface area (Å²) in [5.41, 5.74) is 0.781. The standard InChI is InChI=1S/C12H14BrFN2O/c1-16(6-3-7-17-2)10-5-4-9(8-15)11(13)12(10)14/h4-5H,3,6-7H2,1-2H3. The molecule has 0 amide bonds. The van der Waals surface area contributed by atoms with Gasteiger partial charge in [0.1, 0.15) is 6.07 Å². The van der Waals surface area contributed by atoms with E-state index in [2.05, 4.69) is 15.9 Å². The molecule has 0 saturated carbocycles. The summed E-state index contributed by atoms with van der Waals surface area (Å²) >= 11 is 3.09. The smallest absolute Gasteiger partial charge is 0.161 e. The van der Waals surface area contributed by atoms with Gasteiger partial charge in [0.25, 0.3) is 0 Å². The van der Waals surface area contributed by atoms with Crippen LogP contribution in [0.4, 0.5) is 10.1 Å². The highest BCUT2D eigenvalue weighted by atomic mass is 79.9. The molecular formula is C12H14BrFN2O. The summed E-state index contributed by atoms with van der Waals surface area (Å²) in [6.45, 7) is 1.34. The van der Waals surface area contributed by atoms with Crippen LogP contribution in [0.2, 0.25) is 0 Å². The number of nitriles is 1. The van der Waals surface area contributed by atoms with E-state index in [1.807, 2.05) is 13.1 Å². The van der Waals surface area contributed by atoms with Gasteiger partial charge in [-0.1, -0.05) is 0 Å². The highest BCUT2D eigenvalue weighted by molar-refractivity contribution is 9.10. The SMILES string of the molecule is COCCCN(C)c1ccc(C#N)c(Br)c1F. The zero-order valence-corrected chi connectivity index (χ0v) is 11.4. The van der Waals surface area contributed by atoms with Gasteiger partial charge in [-0.2, -0.15) is 5.26 Å². The van der Waals surface area contributed by atoms with Crippen molar-refractivity contribution in [3.63, 3.8) is 0 Å². The Morgan fingerprint density at radius 3 is 2.82 bits per heavy atom. The fraction of sp³-hybridized carbons (Fsp3) is 0.417. The van der Waals surface area contributed by atoms with Crippen LogP contribution in [0.1, 0.15) is 12.0 Å². The molecule has 0 fully saturated rings. The summed E-state index contributed by atoms with van der Waals surface area (Å²) in [5, 5.41) is 8.77. The van der Waals surface area contributed by atoms with Gasteiger partial charge in [0.2, 0.25) is 0 Å². The molecule has 1 aromatic carbocycles. The van der Waals surface area contributed by atoms with E-state index < -0.39 is 5.82 Å². The lowest BCUT2D eigenvalue weighted by atomic mass is 10.2. The third-order valence-corrected chi connectivity index (χ3v) is 3.21. The molecule has 0 aliphatic heterocycles. The second-order valence-electron chi connectivity index (χ2n) is 3.64. The van der Waals surface area contributed by atoms with E-state index >= 15 is 0 Å². The summed E-state index contributed by atoms with van der Waals surface area (Å²) in [7, 11) is 3.45. The lowest BCUT2D eigenvalue weighted by Gasteiger charge is -2.20. The lowest BCUT2D eigenvalue weighted by molar-refractivity contribution is 0.196.